The first-order valence-corrected chi connectivity index (χ1v) is 8.47. The number of esters is 2. The van der Waals surface area contributed by atoms with Crippen LogP contribution in [0, 0.1) is 0 Å². The third-order valence-corrected chi connectivity index (χ3v) is 4.20. The number of carbonyl (C=O) groups excluding carboxylic acids is 3. The molecule has 7 heteroatoms. The maximum absolute atomic E-state index is 12.6. The highest BCUT2D eigenvalue weighted by Crippen LogP contribution is 2.32. The van der Waals surface area contributed by atoms with E-state index < -0.39 is 18.0 Å². The number of urea groups is 1. The molecule has 0 aromatic heterocycles. The highest BCUT2D eigenvalue weighted by Gasteiger charge is 2.37. The normalized spacial score (nSPS) is 17.2. The highest BCUT2D eigenvalue weighted by atomic mass is 16.5. The molecule has 1 aromatic rings. The Balaban J connectivity index is 2.49. The molecule has 1 aliphatic rings. The van der Waals surface area contributed by atoms with Crippen LogP contribution in [0.4, 0.5) is 4.79 Å². The number of hydrogen-bond donors (Lipinski definition) is 1. The SMILES string of the molecule is CCOC(=O)C1=C(C)N(C(C)C)C(=O)N[C@@H]1c1ccc(C(=O)OC)cc1. The van der Waals surface area contributed by atoms with E-state index in [4.69, 9.17) is 4.74 Å². The summed E-state index contributed by atoms with van der Waals surface area (Å²) in [6, 6.07) is 5.53. The number of carbonyl (C=O) groups is 3. The summed E-state index contributed by atoms with van der Waals surface area (Å²) in [6.45, 7) is 7.45. The number of nitrogens with zero attached hydrogens (tertiary/aromatic N) is 1. The Kier molecular flexibility index (Phi) is 6.02. The minimum absolute atomic E-state index is 0.109. The zero-order chi connectivity index (χ0) is 19.4. The van der Waals surface area contributed by atoms with Gasteiger partial charge >= 0.3 is 18.0 Å². The smallest absolute Gasteiger partial charge is 0.338 e. The highest BCUT2D eigenvalue weighted by molar-refractivity contribution is 5.95. The van der Waals surface area contributed by atoms with Crippen LogP contribution in [-0.2, 0) is 14.3 Å². The van der Waals surface area contributed by atoms with Crippen LogP contribution in [0.15, 0.2) is 35.5 Å². The second kappa shape index (κ2) is 8.03. The van der Waals surface area contributed by atoms with Crippen molar-refractivity contribution < 1.29 is 23.9 Å². The molecule has 0 unspecified atom stereocenters. The summed E-state index contributed by atoms with van der Waals surface area (Å²) < 4.78 is 9.89. The summed E-state index contributed by atoms with van der Waals surface area (Å²) in [4.78, 5) is 38.2. The van der Waals surface area contributed by atoms with Crippen molar-refractivity contribution in [3.63, 3.8) is 0 Å². The standard InChI is InChI=1S/C19H24N2O5/c1-6-26-18(23)15-12(4)21(11(2)3)19(24)20-16(15)13-7-9-14(10-8-13)17(22)25-5/h7-11,16H,6H2,1-5H3,(H,20,24)/t16-/m1/s1. The zero-order valence-electron chi connectivity index (χ0n) is 15.7. The van der Waals surface area contributed by atoms with Crippen LogP contribution in [0.3, 0.4) is 0 Å². The lowest BCUT2D eigenvalue weighted by Gasteiger charge is -2.37. The van der Waals surface area contributed by atoms with E-state index in [1.807, 2.05) is 13.8 Å². The molecule has 0 radical (unpaired) electrons. The summed E-state index contributed by atoms with van der Waals surface area (Å²) in [6.07, 6.45) is 0. The van der Waals surface area contributed by atoms with Crippen molar-refractivity contribution in [1.29, 1.82) is 0 Å². The number of amides is 2. The molecule has 0 aliphatic carbocycles. The average molecular weight is 360 g/mol. The van der Waals surface area contributed by atoms with Gasteiger partial charge in [-0.3, -0.25) is 4.90 Å². The van der Waals surface area contributed by atoms with E-state index in [1.54, 1.807) is 38.1 Å². The molecule has 0 spiro atoms. The minimum atomic E-state index is -0.650. The molecule has 140 valence electrons. The van der Waals surface area contributed by atoms with Crippen molar-refractivity contribution >= 4 is 18.0 Å². The molecule has 1 atom stereocenters. The van der Waals surface area contributed by atoms with Crippen LogP contribution in [0.1, 0.15) is 49.7 Å². The third kappa shape index (κ3) is 3.71. The van der Waals surface area contributed by atoms with Crippen molar-refractivity contribution in [3.05, 3.63) is 46.7 Å². The van der Waals surface area contributed by atoms with E-state index in [1.165, 1.54) is 12.0 Å². The molecule has 26 heavy (non-hydrogen) atoms. The molecule has 7 nitrogen and oxygen atoms in total. The van der Waals surface area contributed by atoms with Gasteiger partial charge in [-0.1, -0.05) is 12.1 Å². The first kappa shape index (κ1) is 19.5. The predicted octanol–water partition coefficient (Wildman–Crippen LogP) is 2.79. The fourth-order valence-corrected chi connectivity index (χ4v) is 3.03. The number of hydrogen-bond acceptors (Lipinski definition) is 5. The van der Waals surface area contributed by atoms with Gasteiger partial charge in [0.1, 0.15) is 0 Å². The van der Waals surface area contributed by atoms with Gasteiger partial charge in [-0.25, -0.2) is 14.4 Å². The maximum Gasteiger partial charge on any atom is 0.338 e. The summed E-state index contributed by atoms with van der Waals surface area (Å²) in [5.41, 5.74) is 2.01. The molecule has 0 saturated carbocycles. The van der Waals surface area contributed by atoms with Gasteiger partial charge in [-0.05, 0) is 45.4 Å². The molecular formula is C19H24N2O5. The lowest BCUT2D eigenvalue weighted by molar-refractivity contribution is -0.139. The Hall–Kier alpha value is -2.83. The Morgan fingerprint density at radius 2 is 1.81 bits per heavy atom. The predicted molar refractivity (Wildman–Crippen MR) is 95.4 cm³/mol. The van der Waals surface area contributed by atoms with Gasteiger partial charge < -0.3 is 14.8 Å². The second-order valence-corrected chi connectivity index (χ2v) is 6.18. The molecule has 0 fully saturated rings. The largest absolute Gasteiger partial charge is 0.465 e. The quantitative estimate of drug-likeness (QED) is 0.816. The van der Waals surface area contributed by atoms with Crippen LogP contribution < -0.4 is 5.32 Å². The van der Waals surface area contributed by atoms with Gasteiger partial charge in [0.15, 0.2) is 0 Å². The van der Waals surface area contributed by atoms with E-state index in [2.05, 4.69) is 10.1 Å². The zero-order valence-corrected chi connectivity index (χ0v) is 15.7. The number of rotatable bonds is 5. The molecule has 1 aromatic carbocycles. The summed E-state index contributed by atoms with van der Waals surface area (Å²) in [5, 5.41) is 2.86. The van der Waals surface area contributed by atoms with Gasteiger partial charge in [0.2, 0.25) is 0 Å². The molecule has 1 aliphatic heterocycles. The van der Waals surface area contributed by atoms with Gasteiger partial charge in [-0.2, -0.15) is 0 Å². The van der Waals surface area contributed by atoms with Crippen LogP contribution in [-0.4, -0.2) is 42.6 Å². The Morgan fingerprint density at radius 3 is 2.31 bits per heavy atom. The van der Waals surface area contributed by atoms with E-state index in [0.29, 0.717) is 22.4 Å². The van der Waals surface area contributed by atoms with Gasteiger partial charge in [0, 0.05) is 11.7 Å². The first-order chi connectivity index (χ1) is 12.3. The van der Waals surface area contributed by atoms with Crippen molar-refractivity contribution in [2.24, 2.45) is 0 Å². The maximum atomic E-state index is 12.6. The fourth-order valence-electron chi connectivity index (χ4n) is 3.03. The van der Waals surface area contributed by atoms with Crippen molar-refractivity contribution in [2.45, 2.75) is 39.8 Å². The van der Waals surface area contributed by atoms with Crippen molar-refractivity contribution in [1.82, 2.24) is 10.2 Å². The van der Waals surface area contributed by atoms with Crippen LogP contribution in [0.5, 0.6) is 0 Å². The minimum Gasteiger partial charge on any atom is -0.465 e. The third-order valence-electron chi connectivity index (χ3n) is 4.20. The number of benzene rings is 1. The van der Waals surface area contributed by atoms with E-state index >= 15 is 0 Å². The van der Waals surface area contributed by atoms with Gasteiger partial charge in [0.25, 0.3) is 0 Å². The monoisotopic (exact) mass is 360 g/mol. The van der Waals surface area contributed by atoms with E-state index in [-0.39, 0.29) is 18.7 Å². The first-order valence-electron chi connectivity index (χ1n) is 8.47. The Morgan fingerprint density at radius 1 is 1.19 bits per heavy atom. The topological polar surface area (TPSA) is 84.9 Å². The van der Waals surface area contributed by atoms with Crippen LogP contribution in [0.2, 0.25) is 0 Å². The summed E-state index contributed by atoms with van der Waals surface area (Å²) in [5.74, 6) is -0.926. The second-order valence-electron chi connectivity index (χ2n) is 6.18. The molecule has 1 N–H and O–H groups in total. The van der Waals surface area contributed by atoms with E-state index in [9.17, 15) is 14.4 Å². The Bertz CT molecular complexity index is 737. The van der Waals surface area contributed by atoms with E-state index in [0.717, 1.165) is 0 Å². The number of methoxy groups -OCH3 is 1. The fraction of sp³-hybridized carbons (Fsp3) is 0.421. The molecule has 0 saturated heterocycles. The molecule has 2 rings (SSSR count). The number of ether oxygens (including phenoxy) is 2. The molecular weight excluding hydrogens is 336 g/mol. The average Bonchev–Trinajstić information content (AvgIpc) is 2.60. The number of nitrogens with one attached hydrogen (secondary N) is 1. The van der Waals surface area contributed by atoms with Crippen LogP contribution >= 0.6 is 0 Å². The van der Waals surface area contributed by atoms with Gasteiger partial charge in [-0.15, -0.1) is 0 Å². The number of allylic oxidation sites excluding steroid dienone is 1. The van der Waals surface area contributed by atoms with Gasteiger partial charge in [0.05, 0.1) is 30.9 Å². The molecule has 0 bridgehead atoms. The van der Waals surface area contributed by atoms with Crippen molar-refractivity contribution in [3.8, 4) is 0 Å². The summed E-state index contributed by atoms with van der Waals surface area (Å²) >= 11 is 0. The summed E-state index contributed by atoms with van der Waals surface area (Å²) in [7, 11) is 1.31. The lowest BCUT2D eigenvalue weighted by atomic mass is 9.93. The van der Waals surface area contributed by atoms with Crippen molar-refractivity contribution in [2.75, 3.05) is 13.7 Å². The molecule has 2 amide bonds. The lowest BCUT2D eigenvalue weighted by Crippen LogP contribution is -2.50. The van der Waals surface area contributed by atoms with Crippen LogP contribution in [0.25, 0.3) is 0 Å². The molecule has 1 heterocycles. The Labute approximate surface area is 153 Å².